The number of hydrogen-bond acceptors (Lipinski definition) is 5. The Hall–Kier alpha value is -0.350. The maximum atomic E-state index is 11.4. The Morgan fingerprint density at radius 2 is 1.12 bits per heavy atom. The average Bonchev–Trinajstić information content (AvgIpc) is 1.98. The fourth-order valence-corrected chi connectivity index (χ4v) is 0.641. The SMILES string of the molecule is O=[PH](OOCC(F)(F)F)OOCC(F)(F)F. The third kappa shape index (κ3) is 11.7. The third-order valence-corrected chi connectivity index (χ3v) is 1.21. The van der Waals surface area contributed by atoms with Crippen molar-refractivity contribution in [2.24, 2.45) is 0 Å². The number of rotatable bonds is 6. The Morgan fingerprint density at radius 1 is 0.812 bits per heavy atom. The van der Waals surface area contributed by atoms with Gasteiger partial charge in [-0.1, -0.05) is 0 Å². The monoisotopic (exact) mass is 278 g/mol. The smallest absolute Gasteiger partial charge is 0.259 e. The molecule has 0 radical (unpaired) electrons. The highest BCUT2D eigenvalue weighted by atomic mass is 31.1. The molecule has 5 nitrogen and oxygen atoms in total. The molecule has 0 saturated heterocycles. The van der Waals surface area contributed by atoms with E-state index in [1.54, 1.807) is 0 Å². The van der Waals surface area contributed by atoms with Crippen LogP contribution in [0.2, 0.25) is 0 Å². The summed E-state index contributed by atoms with van der Waals surface area (Å²) in [6, 6.07) is 0. The van der Waals surface area contributed by atoms with Crippen molar-refractivity contribution in [2.75, 3.05) is 13.2 Å². The summed E-state index contributed by atoms with van der Waals surface area (Å²) in [5, 5.41) is 0. The minimum Gasteiger partial charge on any atom is -0.259 e. The molecule has 0 saturated carbocycles. The van der Waals surface area contributed by atoms with Gasteiger partial charge in [0.15, 0.2) is 13.2 Å². The van der Waals surface area contributed by atoms with Crippen LogP contribution in [-0.2, 0) is 23.7 Å². The van der Waals surface area contributed by atoms with E-state index in [0.717, 1.165) is 0 Å². The summed E-state index contributed by atoms with van der Waals surface area (Å²) in [4.78, 5) is 6.73. The van der Waals surface area contributed by atoms with Gasteiger partial charge in [0.05, 0.1) is 0 Å². The lowest BCUT2D eigenvalue weighted by Gasteiger charge is -2.07. The van der Waals surface area contributed by atoms with Crippen molar-refractivity contribution in [3.63, 3.8) is 0 Å². The van der Waals surface area contributed by atoms with Gasteiger partial charge < -0.3 is 0 Å². The zero-order valence-electron chi connectivity index (χ0n) is 7.22. The maximum absolute atomic E-state index is 11.4. The molecule has 0 spiro atoms. The van der Waals surface area contributed by atoms with E-state index >= 15 is 0 Å². The van der Waals surface area contributed by atoms with Crippen molar-refractivity contribution >= 4 is 8.25 Å². The van der Waals surface area contributed by atoms with E-state index in [1.165, 1.54) is 0 Å². The lowest BCUT2D eigenvalue weighted by molar-refractivity contribution is -0.316. The normalized spacial score (nSPS) is 13.4. The molecule has 0 aliphatic heterocycles. The van der Waals surface area contributed by atoms with E-state index in [4.69, 9.17) is 0 Å². The Bertz CT molecular complexity index is 204. The summed E-state index contributed by atoms with van der Waals surface area (Å²) in [6.45, 7) is -3.77. The molecule has 0 amide bonds. The van der Waals surface area contributed by atoms with Gasteiger partial charge in [-0.2, -0.15) is 26.3 Å². The van der Waals surface area contributed by atoms with Gasteiger partial charge in [-0.3, -0.25) is 4.57 Å². The van der Waals surface area contributed by atoms with Crippen LogP contribution in [0.5, 0.6) is 0 Å². The number of halogens is 6. The van der Waals surface area contributed by atoms with Crippen LogP contribution in [0, 0.1) is 0 Å². The van der Waals surface area contributed by atoms with Gasteiger partial charge in [-0.05, 0) is 0 Å². The summed E-state index contributed by atoms with van der Waals surface area (Å²) in [7, 11) is -3.73. The molecule has 0 atom stereocenters. The van der Waals surface area contributed by atoms with Crippen LogP contribution in [0.25, 0.3) is 0 Å². The van der Waals surface area contributed by atoms with Crippen LogP contribution in [0.1, 0.15) is 0 Å². The highest BCUT2D eigenvalue weighted by Gasteiger charge is 2.30. The minimum atomic E-state index is -4.73. The van der Waals surface area contributed by atoms with Crippen LogP contribution in [0.15, 0.2) is 0 Å². The molecule has 98 valence electrons. The van der Waals surface area contributed by atoms with Gasteiger partial charge in [0.2, 0.25) is 0 Å². The van der Waals surface area contributed by atoms with Crippen molar-refractivity contribution in [1.29, 1.82) is 0 Å². The summed E-state index contributed by atoms with van der Waals surface area (Å²) < 4.78 is 85.6. The maximum Gasteiger partial charge on any atom is 0.414 e. The second-order valence-corrected chi connectivity index (χ2v) is 3.00. The van der Waals surface area contributed by atoms with Crippen molar-refractivity contribution in [1.82, 2.24) is 0 Å². The highest BCUT2D eigenvalue weighted by molar-refractivity contribution is 7.32. The molecule has 16 heavy (non-hydrogen) atoms. The van der Waals surface area contributed by atoms with Crippen molar-refractivity contribution in [3.8, 4) is 0 Å². The Morgan fingerprint density at radius 3 is 1.38 bits per heavy atom. The predicted molar refractivity (Wildman–Crippen MR) is 35.2 cm³/mol. The molecule has 0 aliphatic rings. The van der Waals surface area contributed by atoms with Gasteiger partial charge in [0, 0.05) is 0 Å². The summed E-state index contributed by atoms with van der Waals surface area (Å²) >= 11 is 0. The summed E-state index contributed by atoms with van der Waals surface area (Å²) in [6.07, 6.45) is -9.45. The van der Waals surface area contributed by atoms with Gasteiger partial charge in [0.1, 0.15) is 0 Å². The number of alkyl halides is 6. The largest absolute Gasteiger partial charge is 0.414 e. The quantitative estimate of drug-likeness (QED) is 0.323. The van der Waals surface area contributed by atoms with Crippen LogP contribution in [0.4, 0.5) is 26.3 Å². The first-order valence-corrected chi connectivity index (χ1v) is 4.59. The first-order valence-electron chi connectivity index (χ1n) is 3.36. The molecular formula is C4H5F6O5P. The van der Waals surface area contributed by atoms with Crippen molar-refractivity contribution in [3.05, 3.63) is 0 Å². The van der Waals surface area contributed by atoms with E-state index in [2.05, 4.69) is 19.1 Å². The predicted octanol–water partition coefficient (Wildman–Crippen LogP) is 2.40. The van der Waals surface area contributed by atoms with Crippen LogP contribution < -0.4 is 0 Å². The molecule has 0 N–H and O–H groups in total. The summed E-state index contributed by atoms with van der Waals surface area (Å²) in [5.41, 5.74) is 0. The first-order chi connectivity index (χ1) is 7.10. The fraction of sp³-hybridized carbons (Fsp3) is 1.00. The van der Waals surface area contributed by atoms with E-state index in [1.807, 2.05) is 0 Å². The van der Waals surface area contributed by atoms with Gasteiger partial charge in [0.25, 0.3) is 0 Å². The molecule has 0 heterocycles. The van der Waals surface area contributed by atoms with E-state index in [0.29, 0.717) is 0 Å². The molecule has 0 bridgehead atoms. The fourth-order valence-electron chi connectivity index (χ4n) is 0.303. The standard InChI is InChI=1S/C4H5F6O5P/c5-3(6,7)1-12-14-16(11)15-13-2-4(8,9)10/h16H,1-2H2. The Labute approximate surface area is 85.0 Å². The zero-order valence-corrected chi connectivity index (χ0v) is 8.22. The first kappa shape index (κ1) is 15.7. The molecular weight excluding hydrogens is 273 g/mol. The molecule has 0 aromatic carbocycles. The topological polar surface area (TPSA) is 54.0 Å². The highest BCUT2D eigenvalue weighted by Crippen LogP contribution is 2.27. The molecule has 0 fully saturated rings. The Kier molecular flexibility index (Phi) is 6.26. The molecule has 0 aromatic heterocycles. The zero-order chi connectivity index (χ0) is 12.8. The molecule has 0 unspecified atom stereocenters. The Balaban J connectivity index is 3.53. The molecule has 0 rings (SSSR count). The van der Waals surface area contributed by atoms with Gasteiger partial charge >= 0.3 is 20.6 Å². The van der Waals surface area contributed by atoms with Gasteiger partial charge in [-0.25, -0.2) is 9.78 Å². The van der Waals surface area contributed by atoms with Crippen LogP contribution in [-0.4, -0.2) is 25.6 Å². The van der Waals surface area contributed by atoms with E-state index in [9.17, 15) is 30.9 Å². The van der Waals surface area contributed by atoms with Gasteiger partial charge in [-0.15, -0.1) is 9.35 Å². The van der Waals surface area contributed by atoms with E-state index < -0.39 is 33.8 Å². The minimum absolute atomic E-state index is 1.88. The molecule has 12 heteroatoms. The third-order valence-electron chi connectivity index (χ3n) is 0.699. The summed E-state index contributed by atoms with van der Waals surface area (Å²) in [5.74, 6) is 0. The lowest BCUT2D eigenvalue weighted by atomic mass is 10.7. The molecule has 0 aliphatic carbocycles. The van der Waals surface area contributed by atoms with Crippen LogP contribution >= 0.6 is 8.25 Å². The van der Waals surface area contributed by atoms with E-state index in [-0.39, 0.29) is 0 Å². The number of hydrogen-bond donors (Lipinski definition) is 0. The van der Waals surface area contributed by atoms with Crippen LogP contribution in [0.3, 0.4) is 0 Å². The average molecular weight is 278 g/mol. The second-order valence-electron chi connectivity index (χ2n) is 2.17. The lowest BCUT2D eigenvalue weighted by Crippen LogP contribution is -2.17. The second kappa shape index (κ2) is 6.40. The molecule has 0 aromatic rings. The van der Waals surface area contributed by atoms with Crippen molar-refractivity contribution in [2.45, 2.75) is 12.4 Å². The van der Waals surface area contributed by atoms with Crippen molar-refractivity contribution < 1.29 is 50.0 Å².